The lowest BCUT2D eigenvalue weighted by atomic mass is 10.1. The minimum atomic E-state index is -0.369. The first-order valence-electron chi connectivity index (χ1n) is 8.87. The summed E-state index contributed by atoms with van der Waals surface area (Å²) in [7, 11) is 5.49. The number of H-pyrrole nitrogens is 1. The van der Waals surface area contributed by atoms with Crippen LogP contribution in [0.2, 0.25) is 0 Å². The van der Waals surface area contributed by atoms with E-state index in [0.29, 0.717) is 40.3 Å². The molecule has 1 amide bonds. The van der Waals surface area contributed by atoms with E-state index >= 15 is 0 Å². The Morgan fingerprint density at radius 1 is 1.11 bits per heavy atom. The molecule has 0 saturated carbocycles. The van der Waals surface area contributed by atoms with Gasteiger partial charge in [-0.2, -0.15) is 0 Å². The number of aromatic amines is 1. The van der Waals surface area contributed by atoms with Crippen LogP contribution in [-0.2, 0) is 0 Å². The van der Waals surface area contributed by atoms with Gasteiger partial charge in [0.2, 0.25) is 5.56 Å². The molecule has 0 spiro atoms. The molecule has 2 N–H and O–H groups in total. The van der Waals surface area contributed by atoms with Crippen molar-refractivity contribution in [3.63, 3.8) is 0 Å². The van der Waals surface area contributed by atoms with Crippen LogP contribution in [0.4, 0.5) is 5.69 Å². The van der Waals surface area contributed by atoms with Crippen LogP contribution < -0.4 is 20.3 Å². The molecule has 2 aromatic carbocycles. The van der Waals surface area contributed by atoms with Crippen LogP contribution in [0.1, 0.15) is 10.4 Å². The van der Waals surface area contributed by atoms with Crippen molar-refractivity contribution in [3.05, 3.63) is 64.4 Å². The number of carbonyl (C=O) groups is 1. The van der Waals surface area contributed by atoms with Gasteiger partial charge in [-0.25, -0.2) is 0 Å². The summed E-state index contributed by atoms with van der Waals surface area (Å²) in [4.78, 5) is 29.4. The second kappa shape index (κ2) is 8.58. The van der Waals surface area contributed by atoms with Gasteiger partial charge in [-0.05, 0) is 32.3 Å². The third-order valence-corrected chi connectivity index (χ3v) is 4.21. The van der Waals surface area contributed by atoms with Crippen molar-refractivity contribution in [2.75, 3.05) is 39.7 Å². The van der Waals surface area contributed by atoms with E-state index in [1.54, 1.807) is 43.5 Å². The zero-order valence-electron chi connectivity index (χ0n) is 16.1. The largest absolute Gasteiger partial charge is 0.493 e. The molecule has 0 aliphatic heterocycles. The number of nitrogens with zero attached hydrogens (tertiary/aromatic N) is 1. The number of pyridine rings is 1. The van der Waals surface area contributed by atoms with Crippen LogP contribution in [0.3, 0.4) is 0 Å². The monoisotopic (exact) mass is 381 g/mol. The average Bonchev–Trinajstić information content (AvgIpc) is 2.67. The molecule has 3 rings (SSSR count). The number of methoxy groups -OCH3 is 1. The van der Waals surface area contributed by atoms with Crippen LogP contribution in [-0.4, -0.2) is 50.1 Å². The fourth-order valence-electron chi connectivity index (χ4n) is 2.80. The van der Waals surface area contributed by atoms with Gasteiger partial charge in [0.15, 0.2) is 11.5 Å². The van der Waals surface area contributed by atoms with Crippen molar-refractivity contribution >= 4 is 22.5 Å². The van der Waals surface area contributed by atoms with Crippen molar-refractivity contribution in [2.45, 2.75) is 0 Å². The van der Waals surface area contributed by atoms with Gasteiger partial charge in [-0.15, -0.1) is 0 Å². The first-order valence-corrected chi connectivity index (χ1v) is 8.87. The molecule has 1 heterocycles. The van der Waals surface area contributed by atoms with Crippen LogP contribution in [0, 0.1) is 0 Å². The third kappa shape index (κ3) is 4.50. The molecular weight excluding hydrogens is 358 g/mol. The van der Waals surface area contributed by atoms with E-state index in [-0.39, 0.29) is 11.5 Å². The first-order chi connectivity index (χ1) is 13.5. The average molecular weight is 381 g/mol. The van der Waals surface area contributed by atoms with Crippen molar-refractivity contribution in [1.82, 2.24) is 9.88 Å². The number of rotatable bonds is 7. The summed E-state index contributed by atoms with van der Waals surface area (Å²) in [6.45, 7) is 1.23. The standard InChI is InChI=1S/C21H23N3O4/c1-24(2)10-11-28-19-12-14(8-9-18(19)27-3)22-21(26)16-13-20(25)23-17-7-5-4-6-15(16)17/h4-9,12-13H,10-11H2,1-3H3,(H,22,26)(H,23,25). The Morgan fingerprint density at radius 2 is 1.89 bits per heavy atom. The van der Waals surface area contributed by atoms with Gasteiger partial charge in [0.25, 0.3) is 5.91 Å². The molecule has 146 valence electrons. The molecule has 7 heteroatoms. The summed E-state index contributed by atoms with van der Waals surface area (Å²) in [5, 5.41) is 3.51. The van der Waals surface area contributed by atoms with E-state index in [1.807, 2.05) is 25.1 Å². The number of anilines is 1. The maximum absolute atomic E-state index is 12.8. The molecule has 1 aromatic heterocycles. The van der Waals surface area contributed by atoms with Gasteiger partial charge in [-0.3, -0.25) is 9.59 Å². The molecule has 7 nitrogen and oxygen atoms in total. The first kappa shape index (κ1) is 19.4. The zero-order valence-corrected chi connectivity index (χ0v) is 16.1. The molecule has 0 radical (unpaired) electrons. The van der Waals surface area contributed by atoms with E-state index in [1.165, 1.54) is 6.07 Å². The highest BCUT2D eigenvalue weighted by Gasteiger charge is 2.13. The topological polar surface area (TPSA) is 83.7 Å². The minimum Gasteiger partial charge on any atom is -0.493 e. The molecule has 0 aliphatic carbocycles. The predicted molar refractivity (Wildman–Crippen MR) is 110 cm³/mol. The molecule has 0 fully saturated rings. The second-order valence-electron chi connectivity index (χ2n) is 6.56. The van der Waals surface area contributed by atoms with E-state index < -0.39 is 0 Å². The van der Waals surface area contributed by atoms with Crippen LogP contribution in [0.15, 0.2) is 53.3 Å². The molecule has 0 bridgehead atoms. The van der Waals surface area contributed by atoms with Gasteiger partial charge in [0, 0.05) is 35.3 Å². The van der Waals surface area contributed by atoms with E-state index in [9.17, 15) is 9.59 Å². The Bertz CT molecular complexity index is 1040. The second-order valence-corrected chi connectivity index (χ2v) is 6.56. The lowest BCUT2D eigenvalue weighted by molar-refractivity contribution is 0.102. The van der Waals surface area contributed by atoms with E-state index in [4.69, 9.17) is 9.47 Å². The number of likely N-dealkylation sites (N-methyl/N-ethyl adjacent to an activating group) is 1. The molecule has 0 unspecified atom stereocenters. The number of para-hydroxylation sites is 1. The highest BCUT2D eigenvalue weighted by Crippen LogP contribution is 2.30. The highest BCUT2D eigenvalue weighted by atomic mass is 16.5. The Labute approximate surface area is 162 Å². The fraction of sp³-hybridized carbons (Fsp3) is 0.238. The summed E-state index contributed by atoms with van der Waals surface area (Å²) in [6, 6.07) is 13.7. The number of hydrogen-bond donors (Lipinski definition) is 2. The quantitative estimate of drug-likeness (QED) is 0.657. The van der Waals surface area contributed by atoms with Crippen LogP contribution >= 0.6 is 0 Å². The number of amides is 1. The van der Waals surface area contributed by atoms with Gasteiger partial charge in [-0.1, -0.05) is 18.2 Å². The van der Waals surface area contributed by atoms with Crippen molar-refractivity contribution in [3.8, 4) is 11.5 Å². The van der Waals surface area contributed by atoms with Crippen molar-refractivity contribution in [2.24, 2.45) is 0 Å². The fourth-order valence-corrected chi connectivity index (χ4v) is 2.80. The van der Waals surface area contributed by atoms with Gasteiger partial charge < -0.3 is 24.7 Å². The number of fused-ring (bicyclic) bond motifs is 1. The smallest absolute Gasteiger partial charge is 0.256 e. The normalized spacial score (nSPS) is 10.9. The predicted octanol–water partition coefficient (Wildman–Crippen LogP) is 2.73. The van der Waals surface area contributed by atoms with Crippen LogP contribution in [0.25, 0.3) is 10.9 Å². The summed E-state index contributed by atoms with van der Waals surface area (Å²) in [5.74, 6) is 0.753. The molecule has 3 aromatic rings. The summed E-state index contributed by atoms with van der Waals surface area (Å²) >= 11 is 0. The van der Waals surface area contributed by atoms with Gasteiger partial charge in [0.1, 0.15) is 6.61 Å². The molecule has 28 heavy (non-hydrogen) atoms. The highest BCUT2D eigenvalue weighted by molar-refractivity contribution is 6.12. The number of hydrogen-bond acceptors (Lipinski definition) is 5. The number of nitrogens with one attached hydrogen (secondary N) is 2. The Hall–Kier alpha value is -3.32. The maximum atomic E-state index is 12.8. The van der Waals surface area contributed by atoms with E-state index in [0.717, 1.165) is 6.54 Å². The minimum absolute atomic E-state index is 0.310. The maximum Gasteiger partial charge on any atom is 0.256 e. The Kier molecular flexibility index (Phi) is 5.96. The summed E-state index contributed by atoms with van der Waals surface area (Å²) in [5.41, 5.74) is 1.15. The van der Waals surface area contributed by atoms with Crippen molar-refractivity contribution < 1.29 is 14.3 Å². The van der Waals surface area contributed by atoms with Gasteiger partial charge in [0.05, 0.1) is 12.7 Å². The summed E-state index contributed by atoms with van der Waals surface area (Å²) < 4.78 is 11.1. The Morgan fingerprint density at radius 3 is 2.64 bits per heavy atom. The molecular formula is C21H23N3O4. The number of carbonyl (C=O) groups excluding carboxylic acids is 1. The molecule has 0 saturated heterocycles. The lowest BCUT2D eigenvalue weighted by Gasteiger charge is -2.15. The van der Waals surface area contributed by atoms with Crippen molar-refractivity contribution in [1.29, 1.82) is 0 Å². The molecule has 0 atom stereocenters. The van der Waals surface area contributed by atoms with Crippen LogP contribution in [0.5, 0.6) is 11.5 Å². The van der Waals surface area contributed by atoms with E-state index in [2.05, 4.69) is 10.3 Å². The molecule has 0 aliphatic rings. The number of benzene rings is 2. The zero-order chi connectivity index (χ0) is 20.1. The lowest BCUT2D eigenvalue weighted by Crippen LogP contribution is -2.19. The summed E-state index contributed by atoms with van der Waals surface area (Å²) in [6.07, 6.45) is 0. The number of ether oxygens (including phenoxy) is 2. The third-order valence-electron chi connectivity index (χ3n) is 4.21. The number of aromatic nitrogens is 1. The van der Waals surface area contributed by atoms with Gasteiger partial charge >= 0.3 is 0 Å². The Balaban J connectivity index is 1.85. The SMILES string of the molecule is COc1ccc(NC(=O)c2cc(=O)[nH]c3ccccc23)cc1OCCN(C)C.